The molecular formula is C19H31N3O. The van der Waals surface area contributed by atoms with Crippen molar-refractivity contribution < 1.29 is 4.74 Å². The molecule has 0 spiro atoms. The van der Waals surface area contributed by atoms with Gasteiger partial charge >= 0.3 is 0 Å². The van der Waals surface area contributed by atoms with Crippen LogP contribution in [0.1, 0.15) is 24.8 Å². The lowest BCUT2D eigenvalue weighted by atomic mass is 10.1. The van der Waals surface area contributed by atoms with E-state index in [1.165, 1.54) is 76.3 Å². The van der Waals surface area contributed by atoms with Crippen LogP contribution < -0.4 is 9.64 Å². The predicted molar refractivity (Wildman–Crippen MR) is 96.7 cm³/mol. The van der Waals surface area contributed by atoms with E-state index in [4.69, 9.17) is 4.74 Å². The first-order chi connectivity index (χ1) is 11.3. The summed E-state index contributed by atoms with van der Waals surface area (Å²) in [5.41, 5.74) is 2.67. The molecule has 2 aliphatic heterocycles. The summed E-state index contributed by atoms with van der Waals surface area (Å²) in [7, 11) is 4.01. The van der Waals surface area contributed by atoms with Crippen LogP contribution in [0.25, 0.3) is 0 Å². The summed E-state index contributed by atoms with van der Waals surface area (Å²) in [5.74, 6) is 1.05. The van der Waals surface area contributed by atoms with E-state index in [0.717, 1.165) is 12.2 Å². The minimum atomic E-state index is 1.05. The lowest BCUT2D eigenvalue weighted by molar-refractivity contribution is 0.153. The zero-order chi connectivity index (χ0) is 16.1. The number of piperazine rings is 1. The fourth-order valence-corrected chi connectivity index (χ4v) is 3.68. The summed E-state index contributed by atoms with van der Waals surface area (Å²) in [4.78, 5) is 7.46. The van der Waals surface area contributed by atoms with Crippen molar-refractivity contribution in [2.24, 2.45) is 0 Å². The van der Waals surface area contributed by atoms with Gasteiger partial charge in [0.25, 0.3) is 0 Å². The number of benzene rings is 1. The van der Waals surface area contributed by atoms with Crippen LogP contribution in [0.3, 0.4) is 0 Å². The van der Waals surface area contributed by atoms with Crippen LogP contribution in [-0.4, -0.2) is 69.8 Å². The third kappa shape index (κ3) is 4.39. The fourth-order valence-electron chi connectivity index (χ4n) is 3.68. The van der Waals surface area contributed by atoms with E-state index in [9.17, 15) is 0 Å². The Morgan fingerprint density at radius 2 is 1.74 bits per heavy atom. The van der Waals surface area contributed by atoms with Gasteiger partial charge in [0.15, 0.2) is 0 Å². The van der Waals surface area contributed by atoms with Crippen LogP contribution in [-0.2, 0) is 6.42 Å². The number of methoxy groups -OCH3 is 1. The van der Waals surface area contributed by atoms with Crippen molar-refractivity contribution in [3.8, 4) is 5.75 Å². The molecular weight excluding hydrogens is 286 g/mol. The van der Waals surface area contributed by atoms with E-state index in [1.54, 1.807) is 7.11 Å². The molecule has 1 aromatic rings. The van der Waals surface area contributed by atoms with Crippen molar-refractivity contribution in [2.75, 3.05) is 64.9 Å². The maximum Gasteiger partial charge on any atom is 0.142 e. The van der Waals surface area contributed by atoms with Gasteiger partial charge in [-0.2, -0.15) is 0 Å². The molecule has 0 amide bonds. The van der Waals surface area contributed by atoms with Gasteiger partial charge in [0.05, 0.1) is 12.8 Å². The summed E-state index contributed by atoms with van der Waals surface area (Å²) in [5, 5.41) is 0. The third-order valence-electron chi connectivity index (χ3n) is 5.23. The molecule has 0 N–H and O–H groups in total. The molecule has 0 radical (unpaired) electrons. The number of likely N-dealkylation sites (N-methyl/N-ethyl adjacent to an activating group) is 1. The maximum absolute atomic E-state index is 5.65. The Morgan fingerprint density at radius 1 is 1.00 bits per heavy atom. The van der Waals surface area contributed by atoms with Crippen molar-refractivity contribution in [1.29, 1.82) is 0 Å². The molecule has 4 nitrogen and oxygen atoms in total. The van der Waals surface area contributed by atoms with Crippen LogP contribution in [0.2, 0.25) is 0 Å². The third-order valence-corrected chi connectivity index (χ3v) is 5.23. The van der Waals surface area contributed by atoms with Gasteiger partial charge in [-0.25, -0.2) is 0 Å². The predicted octanol–water partition coefficient (Wildman–Crippen LogP) is 2.48. The van der Waals surface area contributed by atoms with Gasteiger partial charge in [0.1, 0.15) is 5.75 Å². The first-order valence-corrected chi connectivity index (χ1v) is 9.09. The highest BCUT2D eigenvalue weighted by atomic mass is 16.5. The van der Waals surface area contributed by atoms with Gasteiger partial charge in [-0.05, 0) is 57.0 Å². The smallest absolute Gasteiger partial charge is 0.142 e. The van der Waals surface area contributed by atoms with E-state index in [0.29, 0.717) is 0 Å². The number of hydrogen-bond acceptors (Lipinski definition) is 4. The molecule has 3 rings (SSSR count). The molecule has 1 aromatic carbocycles. The summed E-state index contributed by atoms with van der Waals surface area (Å²) < 4.78 is 5.65. The van der Waals surface area contributed by atoms with Crippen LogP contribution in [0.4, 0.5) is 5.69 Å². The fraction of sp³-hybridized carbons (Fsp3) is 0.684. The summed E-state index contributed by atoms with van der Waals surface area (Å²) in [6, 6.07) is 6.80. The van der Waals surface area contributed by atoms with E-state index >= 15 is 0 Å². The van der Waals surface area contributed by atoms with Crippen molar-refractivity contribution in [2.45, 2.75) is 25.7 Å². The molecule has 2 aliphatic rings. The highest BCUT2D eigenvalue weighted by Crippen LogP contribution is 2.32. The number of nitrogens with zero attached hydrogens (tertiary/aromatic N) is 3. The van der Waals surface area contributed by atoms with E-state index in [1.807, 2.05) is 0 Å². The van der Waals surface area contributed by atoms with Gasteiger partial charge in [-0.3, -0.25) is 0 Å². The number of hydrogen-bond donors (Lipinski definition) is 0. The Kier molecular flexibility index (Phi) is 5.79. The summed E-state index contributed by atoms with van der Waals surface area (Å²) in [6.45, 7) is 8.39. The first-order valence-electron chi connectivity index (χ1n) is 9.09. The normalized spacial score (nSPS) is 20.2. The zero-order valence-electron chi connectivity index (χ0n) is 14.8. The average Bonchev–Trinajstić information content (AvgIpc) is 3.11. The molecule has 2 saturated heterocycles. The molecule has 2 fully saturated rings. The molecule has 4 heteroatoms. The Bertz CT molecular complexity index is 491. The van der Waals surface area contributed by atoms with E-state index < -0.39 is 0 Å². The second-order valence-electron chi connectivity index (χ2n) is 6.95. The van der Waals surface area contributed by atoms with Crippen LogP contribution in [0, 0.1) is 0 Å². The maximum atomic E-state index is 5.65. The second kappa shape index (κ2) is 8.02. The number of anilines is 1. The minimum absolute atomic E-state index is 1.05. The van der Waals surface area contributed by atoms with Gasteiger partial charge in [0, 0.05) is 39.3 Å². The SMILES string of the molecule is COc1cc(CCCN2CCN(C)CC2)ccc1N1CCCC1. The van der Waals surface area contributed by atoms with Crippen LogP contribution >= 0.6 is 0 Å². The largest absolute Gasteiger partial charge is 0.495 e. The highest BCUT2D eigenvalue weighted by Gasteiger charge is 2.17. The Balaban J connectivity index is 1.51. The summed E-state index contributed by atoms with van der Waals surface area (Å²) in [6.07, 6.45) is 4.98. The first kappa shape index (κ1) is 16.6. The topological polar surface area (TPSA) is 19.0 Å². The number of rotatable bonds is 6. The molecule has 0 saturated carbocycles. The number of ether oxygens (including phenoxy) is 1. The lowest BCUT2D eigenvalue weighted by Gasteiger charge is -2.32. The van der Waals surface area contributed by atoms with Gasteiger partial charge in [0.2, 0.25) is 0 Å². The number of aryl methyl sites for hydroxylation is 1. The molecule has 128 valence electrons. The average molecular weight is 317 g/mol. The molecule has 2 heterocycles. The zero-order valence-corrected chi connectivity index (χ0v) is 14.8. The Hall–Kier alpha value is -1.26. The Morgan fingerprint density at radius 3 is 2.43 bits per heavy atom. The van der Waals surface area contributed by atoms with Gasteiger partial charge < -0.3 is 19.4 Å². The molecule has 0 bridgehead atoms. The second-order valence-corrected chi connectivity index (χ2v) is 6.95. The van der Waals surface area contributed by atoms with Crippen LogP contribution in [0.5, 0.6) is 5.75 Å². The molecule has 0 unspecified atom stereocenters. The van der Waals surface area contributed by atoms with Crippen LogP contribution in [0.15, 0.2) is 18.2 Å². The van der Waals surface area contributed by atoms with Gasteiger partial charge in [-0.15, -0.1) is 0 Å². The highest BCUT2D eigenvalue weighted by molar-refractivity contribution is 5.60. The molecule has 0 aliphatic carbocycles. The molecule has 0 aromatic heterocycles. The van der Waals surface area contributed by atoms with Crippen molar-refractivity contribution in [1.82, 2.24) is 9.80 Å². The summed E-state index contributed by atoms with van der Waals surface area (Å²) >= 11 is 0. The molecule has 23 heavy (non-hydrogen) atoms. The van der Waals surface area contributed by atoms with E-state index in [2.05, 4.69) is 39.9 Å². The lowest BCUT2D eigenvalue weighted by Crippen LogP contribution is -2.44. The standard InChI is InChI=1S/C19H31N3O/c1-20-12-14-21(15-13-20)9-5-6-17-7-8-18(19(16-17)23-2)22-10-3-4-11-22/h7-8,16H,3-6,9-15H2,1-2H3. The van der Waals surface area contributed by atoms with E-state index in [-0.39, 0.29) is 0 Å². The molecule has 0 atom stereocenters. The minimum Gasteiger partial charge on any atom is -0.495 e. The van der Waals surface area contributed by atoms with Gasteiger partial charge in [-0.1, -0.05) is 6.07 Å². The van der Waals surface area contributed by atoms with Crippen molar-refractivity contribution >= 4 is 5.69 Å². The Labute approximate surface area is 141 Å². The monoisotopic (exact) mass is 317 g/mol. The van der Waals surface area contributed by atoms with Crippen molar-refractivity contribution in [3.63, 3.8) is 0 Å². The quantitative estimate of drug-likeness (QED) is 0.802. The van der Waals surface area contributed by atoms with Crippen molar-refractivity contribution in [3.05, 3.63) is 23.8 Å².